The third kappa shape index (κ3) is 4.55. The van der Waals surface area contributed by atoms with Gasteiger partial charge in [-0.1, -0.05) is 30.3 Å². The van der Waals surface area contributed by atoms with Gasteiger partial charge in [0.25, 0.3) is 0 Å². The fraction of sp³-hybridized carbons (Fsp3) is 0.588. The molecule has 116 valence electrons. The van der Waals surface area contributed by atoms with E-state index in [1.54, 1.807) is 13.8 Å². The van der Waals surface area contributed by atoms with Crippen LogP contribution in [0.25, 0.3) is 0 Å². The number of esters is 1. The van der Waals surface area contributed by atoms with Gasteiger partial charge >= 0.3 is 5.97 Å². The van der Waals surface area contributed by atoms with Crippen LogP contribution in [0.5, 0.6) is 0 Å². The molecular formula is C17H25NO3. The van der Waals surface area contributed by atoms with E-state index in [1.807, 2.05) is 6.07 Å². The molecule has 1 saturated heterocycles. The molecule has 0 N–H and O–H groups in total. The predicted octanol–water partition coefficient (Wildman–Crippen LogP) is 2.62. The molecule has 0 spiro atoms. The van der Waals surface area contributed by atoms with Crippen LogP contribution < -0.4 is 0 Å². The zero-order chi connectivity index (χ0) is 15.3. The average molecular weight is 291 g/mol. The molecule has 1 aliphatic rings. The molecule has 1 aliphatic heterocycles. The Kier molecular flexibility index (Phi) is 5.37. The standard InChI is InChI=1S/C17H25NO3/c1-17(2,16(19)20-3)21-15-9-11-18(12-10-15)13-14-7-5-4-6-8-14/h4-8,15H,9-13H2,1-3H3. The monoisotopic (exact) mass is 291 g/mol. The number of methoxy groups -OCH3 is 1. The smallest absolute Gasteiger partial charge is 0.337 e. The van der Waals surface area contributed by atoms with Gasteiger partial charge in [-0.15, -0.1) is 0 Å². The Balaban J connectivity index is 1.79. The SMILES string of the molecule is COC(=O)C(C)(C)OC1CCN(Cc2ccccc2)CC1. The quantitative estimate of drug-likeness (QED) is 0.782. The van der Waals surface area contributed by atoms with Crippen molar-refractivity contribution in [3.63, 3.8) is 0 Å². The Labute approximate surface area is 127 Å². The van der Waals surface area contributed by atoms with Crippen LogP contribution in [0.3, 0.4) is 0 Å². The minimum Gasteiger partial charge on any atom is -0.467 e. The van der Waals surface area contributed by atoms with E-state index in [2.05, 4.69) is 29.2 Å². The van der Waals surface area contributed by atoms with E-state index in [4.69, 9.17) is 9.47 Å². The first kappa shape index (κ1) is 16.0. The highest BCUT2D eigenvalue weighted by atomic mass is 16.6. The Hall–Kier alpha value is -1.39. The van der Waals surface area contributed by atoms with Crippen molar-refractivity contribution >= 4 is 5.97 Å². The normalized spacial score (nSPS) is 17.7. The summed E-state index contributed by atoms with van der Waals surface area (Å²) in [4.78, 5) is 14.1. The maximum Gasteiger partial charge on any atom is 0.337 e. The van der Waals surface area contributed by atoms with Crippen LogP contribution in [-0.4, -0.2) is 42.8 Å². The fourth-order valence-electron chi connectivity index (χ4n) is 2.74. The molecule has 4 nitrogen and oxygen atoms in total. The van der Waals surface area contributed by atoms with Crippen molar-refractivity contribution in [3.05, 3.63) is 35.9 Å². The lowest BCUT2D eigenvalue weighted by molar-refractivity contribution is -0.174. The molecule has 0 bridgehead atoms. The summed E-state index contributed by atoms with van der Waals surface area (Å²) >= 11 is 0. The van der Waals surface area contributed by atoms with Crippen LogP contribution in [0.4, 0.5) is 0 Å². The van der Waals surface area contributed by atoms with Gasteiger partial charge in [-0.2, -0.15) is 0 Å². The van der Waals surface area contributed by atoms with Gasteiger partial charge in [0.2, 0.25) is 0 Å². The highest BCUT2D eigenvalue weighted by Crippen LogP contribution is 2.22. The van der Waals surface area contributed by atoms with Crippen molar-refractivity contribution < 1.29 is 14.3 Å². The van der Waals surface area contributed by atoms with Crippen molar-refractivity contribution in [1.82, 2.24) is 4.90 Å². The molecule has 1 aromatic carbocycles. The molecular weight excluding hydrogens is 266 g/mol. The van der Waals surface area contributed by atoms with Gasteiger partial charge in [-0.25, -0.2) is 4.79 Å². The summed E-state index contributed by atoms with van der Waals surface area (Å²) in [7, 11) is 1.40. The molecule has 0 amide bonds. The van der Waals surface area contributed by atoms with Gasteiger partial charge in [-0.05, 0) is 32.3 Å². The molecule has 0 aliphatic carbocycles. The number of hydrogen-bond donors (Lipinski definition) is 0. The van der Waals surface area contributed by atoms with E-state index in [-0.39, 0.29) is 12.1 Å². The van der Waals surface area contributed by atoms with Crippen LogP contribution >= 0.6 is 0 Å². The molecule has 2 rings (SSSR count). The summed E-state index contributed by atoms with van der Waals surface area (Å²) in [6.45, 7) is 6.52. The number of hydrogen-bond acceptors (Lipinski definition) is 4. The van der Waals surface area contributed by atoms with Crippen molar-refractivity contribution in [3.8, 4) is 0 Å². The lowest BCUT2D eigenvalue weighted by Crippen LogP contribution is -2.44. The molecule has 21 heavy (non-hydrogen) atoms. The van der Waals surface area contributed by atoms with E-state index in [0.717, 1.165) is 32.5 Å². The summed E-state index contributed by atoms with van der Waals surface area (Å²) in [5.41, 5.74) is 0.479. The van der Waals surface area contributed by atoms with Crippen molar-refractivity contribution in [2.75, 3.05) is 20.2 Å². The van der Waals surface area contributed by atoms with Crippen molar-refractivity contribution in [2.24, 2.45) is 0 Å². The highest BCUT2D eigenvalue weighted by Gasteiger charge is 2.34. The molecule has 0 saturated carbocycles. The van der Waals surface area contributed by atoms with E-state index in [0.29, 0.717) is 0 Å². The Bertz CT molecular complexity index is 450. The number of nitrogens with zero attached hydrogens (tertiary/aromatic N) is 1. The van der Waals surface area contributed by atoms with E-state index >= 15 is 0 Å². The first-order valence-electron chi connectivity index (χ1n) is 7.54. The Morgan fingerprint density at radius 1 is 1.24 bits per heavy atom. The Morgan fingerprint density at radius 3 is 2.43 bits per heavy atom. The number of ether oxygens (including phenoxy) is 2. The first-order valence-corrected chi connectivity index (χ1v) is 7.54. The molecule has 0 atom stereocenters. The number of benzene rings is 1. The van der Waals surface area contributed by atoms with E-state index in [1.165, 1.54) is 12.7 Å². The van der Waals surface area contributed by atoms with Gasteiger partial charge in [0.1, 0.15) is 0 Å². The molecule has 1 fully saturated rings. The average Bonchev–Trinajstić information content (AvgIpc) is 2.49. The predicted molar refractivity (Wildman–Crippen MR) is 81.9 cm³/mol. The Morgan fingerprint density at radius 2 is 1.86 bits per heavy atom. The maximum atomic E-state index is 11.7. The number of piperidine rings is 1. The summed E-state index contributed by atoms with van der Waals surface area (Å²) in [6, 6.07) is 10.5. The number of likely N-dealkylation sites (tertiary alicyclic amines) is 1. The first-order chi connectivity index (χ1) is 10.0. The van der Waals surface area contributed by atoms with Gasteiger partial charge in [0.05, 0.1) is 13.2 Å². The van der Waals surface area contributed by atoms with Crippen LogP contribution in [0.15, 0.2) is 30.3 Å². The van der Waals surface area contributed by atoms with Gasteiger partial charge in [0.15, 0.2) is 5.60 Å². The van der Waals surface area contributed by atoms with Gasteiger partial charge < -0.3 is 9.47 Å². The third-order valence-corrected chi connectivity index (χ3v) is 3.92. The summed E-state index contributed by atoms with van der Waals surface area (Å²) < 4.78 is 10.7. The van der Waals surface area contributed by atoms with E-state index in [9.17, 15) is 4.79 Å². The minimum absolute atomic E-state index is 0.131. The van der Waals surface area contributed by atoms with E-state index < -0.39 is 5.60 Å². The molecule has 0 aromatic heterocycles. The van der Waals surface area contributed by atoms with Crippen molar-refractivity contribution in [1.29, 1.82) is 0 Å². The summed E-state index contributed by atoms with van der Waals surface area (Å²) in [5, 5.41) is 0. The molecule has 0 unspecified atom stereocenters. The number of carbonyl (C=O) groups is 1. The molecule has 4 heteroatoms. The zero-order valence-electron chi connectivity index (χ0n) is 13.2. The number of rotatable bonds is 5. The third-order valence-electron chi connectivity index (χ3n) is 3.92. The molecule has 1 heterocycles. The minimum atomic E-state index is -0.860. The van der Waals surface area contributed by atoms with Gasteiger partial charge in [0, 0.05) is 19.6 Å². The second-order valence-corrected chi connectivity index (χ2v) is 6.08. The second kappa shape index (κ2) is 7.05. The van der Waals surface area contributed by atoms with Crippen molar-refractivity contribution in [2.45, 2.75) is 44.9 Å². The molecule has 0 radical (unpaired) electrons. The van der Waals surface area contributed by atoms with Crippen LogP contribution in [0.1, 0.15) is 32.3 Å². The largest absolute Gasteiger partial charge is 0.467 e. The molecule has 1 aromatic rings. The maximum absolute atomic E-state index is 11.7. The highest BCUT2D eigenvalue weighted by molar-refractivity contribution is 5.78. The van der Waals surface area contributed by atoms with Gasteiger partial charge in [-0.3, -0.25) is 4.90 Å². The van der Waals surface area contributed by atoms with Crippen LogP contribution in [0, 0.1) is 0 Å². The summed E-state index contributed by atoms with van der Waals surface area (Å²) in [6.07, 6.45) is 2.03. The second-order valence-electron chi connectivity index (χ2n) is 6.08. The lowest BCUT2D eigenvalue weighted by atomic mass is 10.0. The fourth-order valence-corrected chi connectivity index (χ4v) is 2.74. The zero-order valence-corrected chi connectivity index (χ0v) is 13.2. The van der Waals surface area contributed by atoms with Crippen LogP contribution in [-0.2, 0) is 20.8 Å². The number of carbonyl (C=O) groups excluding carboxylic acids is 1. The summed E-state index contributed by atoms with van der Waals surface area (Å²) in [5.74, 6) is -0.311. The lowest BCUT2D eigenvalue weighted by Gasteiger charge is -2.35. The topological polar surface area (TPSA) is 38.8 Å². The van der Waals surface area contributed by atoms with Crippen LogP contribution in [0.2, 0.25) is 0 Å².